The van der Waals surface area contributed by atoms with Crippen molar-refractivity contribution in [2.24, 2.45) is 0 Å². The zero-order valence-electron chi connectivity index (χ0n) is 10.6. The number of aromatic nitrogens is 1. The minimum atomic E-state index is -1.14. The molecule has 9 heteroatoms. The average Bonchev–Trinajstić information content (AvgIpc) is 2.41. The first-order chi connectivity index (χ1) is 9.92. The summed E-state index contributed by atoms with van der Waals surface area (Å²) in [6.07, 6.45) is 0. The molecule has 0 aliphatic rings. The van der Waals surface area contributed by atoms with Crippen LogP contribution in [0.3, 0.4) is 0 Å². The van der Waals surface area contributed by atoms with Crippen molar-refractivity contribution in [1.29, 1.82) is 0 Å². The Labute approximate surface area is 116 Å². The average molecular weight is 299 g/mol. The van der Waals surface area contributed by atoms with Gasteiger partial charge in [0.25, 0.3) is 5.88 Å². The van der Waals surface area contributed by atoms with E-state index >= 15 is 0 Å². The molecule has 21 heavy (non-hydrogen) atoms. The summed E-state index contributed by atoms with van der Waals surface area (Å²) in [5.41, 5.74) is -0.745. The van der Waals surface area contributed by atoms with Crippen LogP contribution in [0.5, 0.6) is 11.6 Å². The fourth-order valence-electron chi connectivity index (χ4n) is 1.51. The van der Waals surface area contributed by atoms with Crippen LogP contribution in [-0.4, -0.2) is 17.0 Å². The predicted molar refractivity (Wildman–Crippen MR) is 66.8 cm³/mol. The molecule has 0 aliphatic carbocycles. The maximum Gasteiger partial charge on any atom is 0.305 e. The van der Waals surface area contributed by atoms with Gasteiger partial charge in [-0.05, 0) is 6.07 Å². The van der Waals surface area contributed by atoms with Crippen LogP contribution < -0.4 is 10.1 Å². The van der Waals surface area contributed by atoms with Gasteiger partial charge >= 0.3 is 5.69 Å². The van der Waals surface area contributed by atoms with Gasteiger partial charge in [0.05, 0.1) is 4.92 Å². The molecule has 1 heterocycles. The molecule has 1 N–H and O–H groups in total. The molecule has 0 aliphatic heterocycles. The Hall–Kier alpha value is -2.84. The number of benzene rings is 1. The second-order valence-corrected chi connectivity index (χ2v) is 3.83. The van der Waals surface area contributed by atoms with Gasteiger partial charge in [0, 0.05) is 25.2 Å². The first kappa shape index (κ1) is 14.6. The van der Waals surface area contributed by atoms with Gasteiger partial charge in [-0.25, -0.2) is 8.78 Å². The molecule has 0 unspecified atom stereocenters. The lowest BCUT2D eigenvalue weighted by Gasteiger charge is -2.08. The van der Waals surface area contributed by atoms with Gasteiger partial charge in [-0.2, -0.15) is 9.37 Å². The number of nitro groups is 1. The predicted octanol–water partition coefficient (Wildman–Crippen LogP) is 3.24. The molecule has 0 saturated carbocycles. The van der Waals surface area contributed by atoms with Crippen molar-refractivity contribution in [1.82, 2.24) is 4.98 Å². The van der Waals surface area contributed by atoms with Gasteiger partial charge in [-0.3, -0.25) is 10.1 Å². The first-order valence-electron chi connectivity index (χ1n) is 5.58. The molecule has 0 amide bonds. The molecule has 0 atom stereocenters. The lowest BCUT2D eigenvalue weighted by Crippen LogP contribution is -2.01. The van der Waals surface area contributed by atoms with E-state index in [0.717, 1.165) is 12.1 Å². The molecule has 6 nitrogen and oxygen atoms in total. The normalized spacial score (nSPS) is 10.3. The highest BCUT2D eigenvalue weighted by atomic mass is 19.1. The number of halogens is 3. The minimum absolute atomic E-state index is 0.210. The van der Waals surface area contributed by atoms with E-state index in [2.05, 4.69) is 10.3 Å². The monoisotopic (exact) mass is 299 g/mol. The number of nitrogens with one attached hydrogen (secondary N) is 1. The summed E-state index contributed by atoms with van der Waals surface area (Å²) in [5, 5.41) is 12.9. The summed E-state index contributed by atoms with van der Waals surface area (Å²) in [7, 11) is 1.37. The van der Waals surface area contributed by atoms with Crippen LogP contribution in [0.4, 0.5) is 24.7 Å². The van der Waals surface area contributed by atoms with E-state index < -0.39 is 33.9 Å². The maximum atomic E-state index is 13.5. The largest absolute Gasteiger partial charge is 0.436 e. The Morgan fingerprint density at radius 2 is 1.90 bits per heavy atom. The van der Waals surface area contributed by atoms with Gasteiger partial charge in [-0.1, -0.05) is 0 Å². The molecular formula is C12H8F3N3O3. The van der Waals surface area contributed by atoms with Crippen molar-refractivity contribution in [3.63, 3.8) is 0 Å². The van der Waals surface area contributed by atoms with Gasteiger partial charge < -0.3 is 10.1 Å². The van der Waals surface area contributed by atoms with Crippen LogP contribution in [0.1, 0.15) is 0 Å². The number of hydrogen-bond acceptors (Lipinski definition) is 5. The quantitative estimate of drug-likeness (QED) is 0.692. The Bertz CT molecular complexity index is 710. The maximum absolute atomic E-state index is 13.5. The first-order valence-corrected chi connectivity index (χ1v) is 5.58. The Morgan fingerprint density at radius 1 is 1.19 bits per heavy atom. The van der Waals surface area contributed by atoms with Crippen molar-refractivity contribution in [3.05, 3.63) is 51.8 Å². The summed E-state index contributed by atoms with van der Waals surface area (Å²) < 4.78 is 45.1. The molecule has 0 spiro atoms. The highest BCUT2D eigenvalue weighted by Crippen LogP contribution is 2.28. The van der Waals surface area contributed by atoms with Crippen LogP contribution in [0.25, 0.3) is 0 Å². The van der Waals surface area contributed by atoms with Crippen molar-refractivity contribution in [3.8, 4) is 11.6 Å². The third-order valence-electron chi connectivity index (χ3n) is 2.46. The van der Waals surface area contributed by atoms with Gasteiger partial charge in [0.15, 0.2) is 17.5 Å². The summed E-state index contributed by atoms with van der Waals surface area (Å²) in [6, 6.07) is 3.20. The molecule has 2 rings (SSSR count). The molecule has 1 aromatic heterocycles. The van der Waals surface area contributed by atoms with Crippen LogP contribution >= 0.6 is 0 Å². The third kappa shape index (κ3) is 3.02. The van der Waals surface area contributed by atoms with Crippen molar-refractivity contribution < 1.29 is 22.8 Å². The summed E-state index contributed by atoms with van der Waals surface area (Å²) in [6.45, 7) is 0. The van der Waals surface area contributed by atoms with E-state index in [1.54, 1.807) is 0 Å². The third-order valence-corrected chi connectivity index (χ3v) is 2.46. The molecular weight excluding hydrogens is 291 g/mol. The Balaban J connectivity index is 2.34. The molecule has 0 bridgehead atoms. The molecule has 1 aromatic carbocycles. The van der Waals surface area contributed by atoms with E-state index in [1.807, 2.05) is 0 Å². The minimum Gasteiger partial charge on any atom is -0.436 e. The number of nitro benzene ring substituents is 1. The number of anilines is 1. The summed E-state index contributed by atoms with van der Waals surface area (Å²) in [5.74, 6) is -4.21. The molecule has 0 saturated heterocycles. The number of hydrogen-bond donors (Lipinski definition) is 1. The topological polar surface area (TPSA) is 77.3 Å². The lowest BCUT2D eigenvalue weighted by molar-refractivity contribution is -0.387. The Morgan fingerprint density at radius 3 is 2.48 bits per heavy atom. The van der Waals surface area contributed by atoms with E-state index in [-0.39, 0.29) is 11.6 Å². The van der Waals surface area contributed by atoms with Crippen molar-refractivity contribution in [2.45, 2.75) is 0 Å². The SMILES string of the molecule is CNc1nc(Oc2ccc([N+](=O)[O-])c(F)c2)c(F)cc1F. The van der Waals surface area contributed by atoms with Crippen LogP contribution in [-0.2, 0) is 0 Å². The summed E-state index contributed by atoms with van der Waals surface area (Å²) >= 11 is 0. The van der Waals surface area contributed by atoms with E-state index in [9.17, 15) is 23.3 Å². The zero-order chi connectivity index (χ0) is 15.6. The molecule has 0 radical (unpaired) electrons. The zero-order valence-corrected chi connectivity index (χ0v) is 10.6. The lowest BCUT2D eigenvalue weighted by atomic mass is 10.3. The smallest absolute Gasteiger partial charge is 0.305 e. The number of rotatable bonds is 4. The van der Waals surface area contributed by atoms with Gasteiger partial charge in [-0.15, -0.1) is 0 Å². The molecule has 0 fully saturated rings. The van der Waals surface area contributed by atoms with Gasteiger partial charge in [0.1, 0.15) is 5.75 Å². The Kier molecular flexibility index (Phi) is 3.92. The highest BCUT2D eigenvalue weighted by molar-refractivity contribution is 5.42. The van der Waals surface area contributed by atoms with E-state index in [4.69, 9.17) is 4.74 Å². The molecule has 110 valence electrons. The molecule has 2 aromatic rings. The highest BCUT2D eigenvalue weighted by Gasteiger charge is 2.17. The second-order valence-electron chi connectivity index (χ2n) is 3.83. The van der Waals surface area contributed by atoms with Crippen molar-refractivity contribution >= 4 is 11.5 Å². The fourth-order valence-corrected chi connectivity index (χ4v) is 1.51. The van der Waals surface area contributed by atoms with E-state index in [1.165, 1.54) is 7.05 Å². The van der Waals surface area contributed by atoms with Crippen LogP contribution in [0, 0.1) is 27.6 Å². The van der Waals surface area contributed by atoms with E-state index in [0.29, 0.717) is 12.1 Å². The number of ether oxygens (including phenoxy) is 1. The van der Waals surface area contributed by atoms with Crippen LogP contribution in [0.15, 0.2) is 24.3 Å². The summed E-state index contributed by atoms with van der Waals surface area (Å²) in [4.78, 5) is 13.1. The van der Waals surface area contributed by atoms with Crippen LogP contribution in [0.2, 0.25) is 0 Å². The fraction of sp³-hybridized carbons (Fsp3) is 0.0833. The van der Waals surface area contributed by atoms with Gasteiger partial charge in [0.2, 0.25) is 5.82 Å². The standard InChI is InChI=1S/C12H8F3N3O3/c1-16-11-8(14)5-9(15)12(17-11)21-6-2-3-10(18(19)20)7(13)4-6/h2-5H,1H3,(H,16,17). The number of nitrogens with zero attached hydrogens (tertiary/aromatic N) is 2. The second kappa shape index (κ2) is 5.65. The van der Waals surface area contributed by atoms with Crippen molar-refractivity contribution in [2.75, 3.05) is 12.4 Å². The number of pyridine rings is 1.